The third kappa shape index (κ3) is 4.16. The van der Waals surface area contributed by atoms with Crippen molar-refractivity contribution in [3.8, 4) is 11.5 Å². The number of methoxy groups -OCH3 is 3. The molecular formula is C30H33NO8. The molecule has 0 spiro atoms. The zero-order valence-corrected chi connectivity index (χ0v) is 23.0. The maximum absolute atomic E-state index is 14.4. The van der Waals surface area contributed by atoms with Crippen molar-refractivity contribution in [2.45, 2.75) is 51.0 Å². The van der Waals surface area contributed by atoms with E-state index >= 15 is 0 Å². The molecule has 5 rings (SSSR count). The number of carbonyl (C=O) groups excluding carboxylic acids is 3. The third-order valence-corrected chi connectivity index (χ3v) is 7.60. The molecule has 1 fully saturated rings. The second-order valence-corrected chi connectivity index (χ2v) is 10.9. The Morgan fingerprint density at radius 2 is 1.69 bits per heavy atom. The average molecular weight is 536 g/mol. The van der Waals surface area contributed by atoms with E-state index in [4.69, 9.17) is 23.7 Å². The number of hydrogen-bond donors (Lipinski definition) is 0. The predicted octanol–water partition coefficient (Wildman–Crippen LogP) is 3.50. The molecule has 0 aliphatic carbocycles. The van der Waals surface area contributed by atoms with Gasteiger partial charge < -0.3 is 23.7 Å². The topological polar surface area (TPSA) is 101 Å². The summed E-state index contributed by atoms with van der Waals surface area (Å²) in [5, 5.41) is 0. The highest BCUT2D eigenvalue weighted by molar-refractivity contribution is 6.15. The predicted molar refractivity (Wildman–Crippen MR) is 141 cm³/mol. The highest BCUT2D eigenvalue weighted by Crippen LogP contribution is 2.59. The van der Waals surface area contributed by atoms with Gasteiger partial charge in [-0.2, -0.15) is 0 Å². The van der Waals surface area contributed by atoms with Crippen LogP contribution in [-0.2, 0) is 35.0 Å². The van der Waals surface area contributed by atoms with Gasteiger partial charge in [0.2, 0.25) is 0 Å². The van der Waals surface area contributed by atoms with Crippen LogP contribution in [0.5, 0.6) is 11.5 Å². The van der Waals surface area contributed by atoms with Crippen molar-refractivity contribution < 1.29 is 38.1 Å². The number of benzene rings is 2. The van der Waals surface area contributed by atoms with Gasteiger partial charge in [0.1, 0.15) is 17.4 Å². The highest BCUT2D eigenvalue weighted by atomic mass is 16.6. The number of rotatable bonds is 5. The van der Waals surface area contributed by atoms with Crippen LogP contribution in [0.2, 0.25) is 0 Å². The lowest BCUT2D eigenvalue weighted by atomic mass is 9.68. The standard InChI is InChI=1S/C30H33NO8/c1-29(2,3)39-28(34)30-23(32)16-20(17-10-8-7-9-11-17)38-26(30)24(27(33)37-6)31-13-12-18-14-21(35-4)22(36-5)15-19(18)25(30)31/h7-11,14-16,24-26H,12-13H2,1-6H3/t24-,25+,26+,30+/m0/s1. The fourth-order valence-corrected chi connectivity index (χ4v) is 6.02. The minimum atomic E-state index is -1.88. The maximum Gasteiger partial charge on any atom is 0.327 e. The van der Waals surface area contributed by atoms with E-state index in [1.54, 1.807) is 33.9 Å². The Bertz CT molecular complexity index is 1340. The van der Waals surface area contributed by atoms with Crippen LogP contribution in [-0.4, -0.2) is 68.2 Å². The van der Waals surface area contributed by atoms with E-state index in [9.17, 15) is 14.4 Å². The van der Waals surface area contributed by atoms with Crippen molar-refractivity contribution in [1.29, 1.82) is 0 Å². The molecule has 0 bridgehead atoms. The van der Waals surface area contributed by atoms with Gasteiger partial charge >= 0.3 is 11.9 Å². The summed E-state index contributed by atoms with van der Waals surface area (Å²) in [5.41, 5.74) is -0.562. The summed E-state index contributed by atoms with van der Waals surface area (Å²) < 4.78 is 28.7. The molecule has 0 amide bonds. The van der Waals surface area contributed by atoms with Crippen LogP contribution in [0, 0.1) is 5.41 Å². The molecule has 0 saturated carbocycles. The second-order valence-electron chi connectivity index (χ2n) is 10.9. The van der Waals surface area contributed by atoms with E-state index in [1.807, 2.05) is 41.3 Å². The summed E-state index contributed by atoms with van der Waals surface area (Å²) in [4.78, 5) is 43.9. The van der Waals surface area contributed by atoms with Crippen LogP contribution in [0.25, 0.3) is 5.76 Å². The van der Waals surface area contributed by atoms with Gasteiger partial charge in [0.05, 0.1) is 27.4 Å². The Hall–Kier alpha value is -3.85. The maximum atomic E-state index is 14.4. The summed E-state index contributed by atoms with van der Waals surface area (Å²) in [6.07, 6.45) is 0.698. The molecule has 0 aromatic heterocycles. The van der Waals surface area contributed by atoms with Crippen molar-refractivity contribution in [3.05, 3.63) is 65.2 Å². The molecule has 206 valence electrons. The van der Waals surface area contributed by atoms with Gasteiger partial charge in [0, 0.05) is 18.2 Å². The zero-order valence-electron chi connectivity index (χ0n) is 23.0. The first-order chi connectivity index (χ1) is 18.6. The molecule has 39 heavy (non-hydrogen) atoms. The fourth-order valence-electron chi connectivity index (χ4n) is 6.02. The molecule has 0 N–H and O–H groups in total. The van der Waals surface area contributed by atoms with E-state index in [0.717, 1.165) is 5.56 Å². The number of ether oxygens (including phenoxy) is 5. The van der Waals surface area contributed by atoms with Gasteiger partial charge in [-0.05, 0) is 50.5 Å². The zero-order chi connectivity index (χ0) is 28.1. The first kappa shape index (κ1) is 26.7. The second kappa shape index (κ2) is 9.72. The van der Waals surface area contributed by atoms with Crippen LogP contribution in [0.3, 0.4) is 0 Å². The summed E-state index contributed by atoms with van der Waals surface area (Å²) in [6.45, 7) is 5.60. The van der Waals surface area contributed by atoms with E-state index in [-0.39, 0.29) is 5.76 Å². The lowest BCUT2D eigenvalue weighted by Gasteiger charge is -2.42. The van der Waals surface area contributed by atoms with E-state index in [2.05, 4.69) is 0 Å². The Morgan fingerprint density at radius 1 is 1.03 bits per heavy atom. The van der Waals surface area contributed by atoms with Crippen molar-refractivity contribution in [2.75, 3.05) is 27.9 Å². The Labute approximate surface area is 227 Å². The van der Waals surface area contributed by atoms with E-state index in [1.165, 1.54) is 20.3 Å². The van der Waals surface area contributed by atoms with E-state index < -0.39 is 46.9 Å². The Balaban J connectivity index is 1.78. The van der Waals surface area contributed by atoms with Gasteiger partial charge in [0.15, 0.2) is 28.8 Å². The quantitative estimate of drug-likeness (QED) is 0.421. The monoisotopic (exact) mass is 535 g/mol. The molecule has 2 aromatic rings. The number of fused-ring (bicyclic) bond motifs is 5. The molecule has 2 aromatic carbocycles. The Kier molecular flexibility index (Phi) is 6.66. The normalized spacial score (nSPS) is 25.8. The summed E-state index contributed by atoms with van der Waals surface area (Å²) in [7, 11) is 4.36. The van der Waals surface area contributed by atoms with Crippen LogP contribution in [0.1, 0.15) is 43.5 Å². The van der Waals surface area contributed by atoms with Gasteiger partial charge in [-0.15, -0.1) is 0 Å². The minimum Gasteiger partial charge on any atom is -0.493 e. The van der Waals surface area contributed by atoms with Gasteiger partial charge in [-0.25, -0.2) is 0 Å². The molecule has 9 heteroatoms. The molecule has 0 radical (unpaired) electrons. The summed E-state index contributed by atoms with van der Waals surface area (Å²) >= 11 is 0. The lowest BCUT2D eigenvalue weighted by molar-refractivity contribution is -0.178. The van der Waals surface area contributed by atoms with Gasteiger partial charge in [0.25, 0.3) is 0 Å². The third-order valence-electron chi connectivity index (χ3n) is 7.60. The SMILES string of the molecule is COC(=O)[C@@H]1[C@H]2OC(c3ccccc3)=CC(=O)[C@@]2(C(=O)OC(C)(C)C)[C@H]2c3cc(OC)c(OC)cc3CCN12. The number of ketones is 1. The molecule has 3 heterocycles. The van der Waals surface area contributed by atoms with Crippen molar-refractivity contribution in [1.82, 2.24) is 4.90 Å². The largest absolute Gasteiger partial charge is 0.493 e. The molecular weight excluding hydrogens is 502 g/mol. The van der Waals surface area contributed by atoms with E-state index in [0.29, 0.717) is 35.6 Å². The molecule has 1 saturated heterocycles. The molecule has 0 unspecified atom stereocenters. The molecule has 4 atom stereocenters. The fraction of sp³-hybridized carbons (Fsp3) is 0.433. The van der Waals surface area contributed by atoms with Crippen molar-refractivity contribution in [2.24, 2.45) is 5.41 Å². The molecule has 3 aliphatic heterocycles. The molecule has 3 aliphatic rings. The van der Waals surface area contributed by atoms with Crippen LogP contribution < -0.4 is 9.47 Å². The number of nitrogens with zero attached hydrogens (tertiary/aromatic N) is 1. The van der Waals surface area contributed by atoms with Crippen LogP contribution in [0.4, 0.5) is 0 Å². The van der Waals surface area contributed by atoms with Gasteiger partial charge in [-0.1, -0.05) is 30.3 Å². The number of esters is 2. The van der Waals surface area contributed by atoms with Crippen molar-refractivity contribution >= 4 is 23.5 Å². The number of carbonyl (C=O) groups is 3. The van der Waals surface area contributed by atoms with Crippen LogP contribution >= 0.6 is 0 Å². The lowest BCUT2D eigenvalue weighted by Crippen LogP contribution is -2.56. The van der Waals surface area contributed by atoms with Gasteiger partial charge in [-0.3, -0.25) is 19.3 Å². The summed E-state index contributed by atoms with van der Waals surface area (Å²) in [5.74, 6) is -0.575. The average Bonchev–Trinajstić information content (AvgIpc) is 3.23. The number of hydrogen-bond acceptors (Lipinski definition) is 9. The highest BCUT2D eigenvalue weighted by Gasteiger charge is 2.74. The number of allylic oxidation sites excluding steroid dienone is 1. The first-order valence-corrected chi connectivity index (χ1v) is 12.9. The van der Waals surface area contributed by atoms with Crippen molar-refractivity contribution in [3.63, 3.8) is 0 Å². The van der Waals surface area contributed by atoms with Crippen LogP contribution in [0.15, 0.2) is 48.5 Å². The smallest absolute Gasteiger partial charge is 0.327 e. The minimum absolute atomic E-state index is 0.283. The summed E-state index contributed by atoms with van der Waals surface area (Å²) in [6, 6.07) is 10.8. The Morgan fingerprint density at radius 3 is 2.31 bits per heavy atom. The molecule has 9 nitrogen and oxygen atoms in total. The first-order valence-electron chi connectivity index (χ1n) is 12.9.